The van der Waals surface area contributed by atoms with Gasteiger partial charge in [0.15, 0.2) is 0 Å². The Morgan fingerprint density at radius 2 is 1.88 bits per heavy atom. The van der Waals surface area contributed by atoms with Crippen molar-refractivity contribution in [1.29, 1.82) is 0 Å². The minimum Gasteiger partial charge on any atom is -0.393 e. The molecule has 0 unspecified atom stereocenters. The van der Waals surface area contributed by atoms with Gasteiger partial charge in [-0.1, -0.05) is 13.8 Å². The highest BCUT2D eigenvalue weighted by Gasteiger charge is 2.63. The van der Waals surface area contributed by atoms with E-state index in [4.69, 9.17) is 4.74 Å². The molecule has 17 heavy (non-hydrogen) atoms. The van der Waals surface area contributed by atoms with Crippen LogP contribution in [0, 0.1) is 23.7 Å². The molecule has 0 amide bonds. The molecule has 1 saturated heterocycles. The highest BCUT2D eigenvalue weighted by atomic mass is 16.5. The van der Waals surface area contributed by atoms with E-state index in [0.29, 0.717) is 23.7 Å². The molecule has 98 valence electrons. The van der Waals surface area contributed by atoms with Crippen LogP contribution in [0.4, 0.5) is 0 Å². The van der Waals surface area contributed by atoms with Gasteiger partial charge in [-0.05, 0) is 63.2 Å². The Hall–Kier alpha value is -0.0800. The Kier molecular flexibility index (Phi) is 2.45. The number of fused-ring (bicyclic) bond motifs is 1. The monoisotopic (exact) mass is 238 g/mol. The fraction of sp³-hybridized carbons (Fsp3) is 1.00. The smallest absolute Gasteiger partial charge is 0.0750 e. The molecule has 2 nitrogen and oxygen atoms in total. The van der Waals surface area contributed by atoms with E-state index in [9.17, 15) is 5.11 Å². The van der Waals surface area contributed by atoms with Gasteiger partial charge in [0.2, 0.25) is 0 Å². The summed E-state index contributed by atoms with van der Waals surface area (Å²) in [6.45, 7) is 9.02. The van der Waals surface area contributed by atoms with Crippen LogP contribution in [0.25, 0.3) is 0 Å². The maximum absolute atomic E-state index is 10.4. The van der Waals surface area contributed by atoms with Crippen molar-refractivity contribution in [2.24, 2.45) is 23.7 Å². The summed E-state index contributed by atoms with van der Waals surface area (Å²) in [5.74, 6) is 2.16. The predicted octanol–water partition coefficient (Wildman–Crippen LogP) is 2.99. The standard InChI is InChI=1S/C15H26O2/c1-9-5-6-12-10(2)13(16)7-11-8-15(9,12)17-14(11,3)4/h9-13,16H,5-8H2,1-4H3/t9-,10-,11-,12+,13+,15+/m1/s1. The summed E-state index contributed by atoms with van der Waals surface area (Å²) in [6, 6.07) is 0. The predicted molar refractivity (Wildman–Crippen MR) is 67.7 cm³/mol. The number of aliphatic hydroxyl groups is 1. The van der Waals surface area contributed by atoms with Gasteiger partial charge in [-0.25, -0.2) is 0 Å². The molecule has 2 heteroatoms. The topological polar surface area (TPSA) is 29.5 Å². The van der Waals surface area contributed by atoms with Crippen LogP contribution in [0.15, 0.2) is 0 Å². The van der Waals surface area contributed by atoms with Gasteiger partial charge in [-0.15, -0.1) is 0 Å². The molecule has 1 heterocycles. The van der Waals surface area contributed by atoms with Crippen molar-refractivity contribution in [2.45, 2.75) is 70.7 Å². The quantitative estimate of drug-likeness (QED) is 0.703. The summed E-state index contributed by atoms with van der Waals surface area (Å²) in [7, 11) is 0. The third-order valence-corrected chi connectivity index (χ3v) is 6.14. The summed E-state index contributed by atoms with van der Waals surface area (Å²) in [6.07, 6.45) is 4.49. The van der Waals surface area contributed by atoms with Gasteiger partial charge in [-0.2, -0.15) is 0 Å². The largest absolute Gasteiger partial charge is 0.393 e. The van der Waals surface area contributed by atoms with Crippen LogP contribution in [-0.2, 0) is 4.74 Å². The third kappa shape index (κ3) is 1.46. The maximum Gasteiger partial charge on any atom is 0.0750 e. The van der Waals surface area contributed by atoms with Crippen molar-refractivity contribution in [3.8, 4) is 0 Å². The van der Waals surface area contributed by atoms with Crippen LogP contribution in [-0.4, -0.2) is 22.4 Å². The van der Waals surface area contributed by atoms with Crippen LogP contribution < -0.4 is 0 Å². The average molecular weight is 238 g/mol. The lowest BCUT2D eigenvalue weighted by molar-refractivity contribution is -0.158. The first kappa shape index (κ1) is 12.0. The van der Waals surface area contributed by atoms with Gasteiger partial charge in [0.25, 0.3) is 0 Å². The normalized spacial score (nSPS) is 56.6. The number of ether oxygens (including phenoxy) is 1. The molecule has 0 aromatic rings. The zero-order valence-electron chi connectivity index (χ0n) is 11.6. The van der Waals surface area contributed by atoms with E-state index in [-0.39, 0.29) is 17.3 Å². The Morgan fingerprint density at radius 3 is 2.59 bits per heavy atom. The zero-order valence-corrected chi connectivity index (χ0v) is 11.6. The molecule has 2 bridgehead atoms. The van der Waals surface area contributed by atoms with E-state index in [2.05, 4.69) is 27.7 Å². The molecule has 1 N–H and O–H groups in total. The van der Waals surface area contributed by atoms with Crippen LogP contribution >= 0.6 is 0 Å². The lowest BCUT2D eigenvalue weighted by Crippen LogP contribution is -2.46. The first-order chi connectivity index (χ1) is 7.87. The summed E-state index contributed by atoms with van der Waals surface area (Å²) in [5.41, 5.74) is 0.0308. The molecule has 2 saturated carbocycles. The maximum atomic E-state index is 10.4. The minimum atomic E-state index is -0.125. The summed E-state index contributed by atoms with van der Waals surface area (Å²) in [4.78, 5) is 0. The molecule has 1 aliphatic heterocycles. The lowest BCUT2D eigenvalue weighted by Gasteiger charge is -2.42. The summed E-state index contributed by atoms with van der Waals surface area (Å²) in [5, 5.41) is 10.4. The van der Waals surface area contributed by atoms with Crippen molar-refractivity contribution >= 4 is 0 Å². The molecule has 3 fully saturated rings. The van der Waals surface area contributed by atoms with Crippen molar-refractivity contribution in [1.82, 2.24) is 0 Å². The SMILES string of the molecule is C[C@H]1[C@@H](O)C[C@@H]2C[C@]3(OC2(C)C)[C@H](C)CC[C@@H]13. The molecule has 0 aromatic heterocycles. The minimum absolute atomic E-state index is 0.0437. The van der Waals surface area contributed by atoms with Gasteiger partial charge < -0.3 is 9.84 Å². The highest BCUT2D eigenvalue weighted by Crippen LogP contribution is 2.61. The van der Waals surface area contributed by atoms with Gasteiger partial charge in [0, 0.05) is 0 Å². The summed E-state index contributed by atoms with van der Waals surface area (Å²) < 4.78 is 6.58. The van der Waals surface area contributed by atoms with Crippen LogP contribution in [0.1, 0.15) is 53.4 Å². The molecule has 1 spiro atoms. The van der Waals surface area contributed by atoms with Crippen molar-refractivity contribution < 1.29 is 9.84 Å². The Labute approximate surface area is 105 Å². The first-order valence-electron chi connectivity index (χ1n) is 7.25. The van der Waals surface area contributed by atoms with Gasteiger partial charge in [-0.3, -0.25) is 0 Å². The van der Waals surface area contributed by atoms with E-state index in [1.54, 1.807) is 0 Å². The van der Waals surface area contributed by atoms with Crippen molar-refractivity contribution in [3.63, 3.8) is 0 Å². The molecular weight excluding hydrogens is 212 g/mol. The van der Waals surface area contributed by atoms with E-state index in [1.807, 2.05) is 0 Å². The third-order valence-electron chi connectivity index (χ3n) is 6.14. The van der Waals surface area contributed by atoms with E-state index >= 15 is 0 Å². The van der Waals surface area contributed by atoms with Gasteiger partial charge in [0.1, 0.15) is 0 Å². The van der Waals surface area contributed by atoms with Crippen molar-refractivity contribution in [3.05, 3.63) is 0 Å². The molecule has 0 aromatic carbocycles. The Morgan fingerprint density at radius 1 is 1.18 bits per heavy atom. The molecular formula is C15H26O2. The number of rotatable bonds is 0. The van der Waals surface area contributed by atoms with Crippen molar-refractivity contribution in [2.75, 3.05) is 0 Å². The lowest BCUT2D eigenvalue weighted by atomic mass is 9.76. The van der Waals surface area contributed by atoms with Gasteiger partial charge in [0.05, 0.1) is 17.3 Å². The van der Waals surface area contributed by atoms with Gasteiger partial charge >= 0.3 is 0 Å². The second kappa shape index (κ2) is 3.48. The second-order valence-electron chi connectivity index (χ2n) is 7.31. The molecule has 6 atom stereocenters. The Bertz CT molecular complexity index is 325. The number of hydrogen-bond acceptors (Lipinski definition) is 2. The van der Waals surface area contributed by atoms with Crippen LogP contribution in [0.3, 0.4) is 0 Å². The van der Waals surface area contributed by atoms with E-state index < -0.39 is 0 Å². The fourth-order valence-electron chi connectivity index (χ4n) is 4.91. The molecule has 2 aliphatic carbocycles. The fourth-order valence-corrected chi connectivity index (χ4v) is 4.91. The average Bonchev–Trinajstić information content (AvgIpc) is 2.63. The molecule has 3 aliphatic rings. The van der Waals surface area contributed by atoms with Crippen LogP contribution in [0.2, 0.25) is 0 Å². The molecule has 3 rings (SSSR count). The number of aliphatic hydroxyl groups excluding tert-OH is 1. The first-order valence-corrected chi connectivity index (χ1v) is 7.25. The second-order valence-corrected chi connectivity index (χ2v) is 7.31. The Balaban J connectivity index is 2.03. The molecule has 0 radical (unpaired) electrons. The zero-order chi connectivity index (χ0) is 12.4. The number of hydrogen-bond donors (Lipinski definition) is 1. The van der Waals surface area contributed by atoms with Crippen LogP contribution in [0.5, 0.6) is 0 Å². The highest BCUT2D eigenvalue weighted by molar-refractivity contribution is 5.11. The summed E-state index contributed by atoms with van der Waals surface area (Å²) >= 11 is 0. The van der Waals surface area contributed by atoms with E-state index in [1.165, 1.54) is 19.3 Å². The van der Waals surface area contributed by atoms with E-state index in [0.717, 1.165) is 6.42 Å².